The van der Waals surface area contributed by atoms with Gasteiger partial charge < -0.3 is 15.4 Å². The third-order valence-corrected chi connectivity index (χ3v) is 3.11. The van der Waals surface area contributed by atoms with Crippen molar-refractivity contribution in [2.75, 3.05) is 18.8 Å². The highest BCUT2D eigenvalue weighted by Crippen LogP contribution is 2.21. The third-order valence-electron chi connectivity index (χ3n) is 2.81. The average molecular weight is 270 g/mol. The van der Waals surface area contributed by atoms with Crippen molar-refractivity contribution in [1.29, 1.82) is 0 Å². The number of amides is 1. The second kappa shape index (κ2) is 5.12. The highest BCUT2D eigenvalue weighted by Gasteiger charge is 2.27. The topological polar surface area (TPSA) is 68.5 Å². The van der Waals surface area contributed by atoms with Crippen molar-refractivity contribution in [1.82, 2.24) is 9.88 Å². The van der Waals surface area contributed by atoms with Crippen LogP contribution in [0.25, 0.3) is 0 Å². The Morgan fingerprint density at radius 2 is 2.11 bits per heavy atom. The molecule has 0 radical (unpaired) electrons. The number of carbonyl (C=O) groups is 1. The first-order valence-corrected chi connectivity index (χ1v) is 6.21. The molecule has 0 aliphatic carbocycles. The molecule has 2 N–H and O–H groups in total. The number of rotatable bonds is 1. The molecule has 6 heteroatoms. The molecule has 2 heterocycles. The van der Waals surface area contributed by atoms with Crippen molar-refractivity contribution in [3.63, 3.8) is 0 Å². The minimum atomic E-state index is -0.129. The van der Waals surface area contributed by atoms with Crippen molar-refractivity contribution in [2.24, 2.45) is 0 Å². The number of nitrogens with zero attached hydrogens (tertiary/aromatic N) is 2. The fraction of sp³-hybridized carbons (Fsp3) is 0.500. The Hall–Kier alpha value is -1.33. The molecule has 0 saturated carbocycles. The van der Waals surface area contributed by atoms with Gasteiger partial charge in [-0.3, -0.25) is 4.79 Å². The van der Waals surface area contributed by atoms with E-state index in [1.54, 1.807) is 4.90 Å². The predicted octanol–water partition coefficient (Wildman–Crippen LogP) is 1.57. The summed E-state index contributed by atoms with van der Waals surface area (Å²) in [5.41, 5.74) is 5.98. The zero-order chi connectivity index (χ0) is 13.3. The van der Waals surface area contributed by atoms with Gasteiger partial charge in [0.1, 0.15) is 5.82 Å². The van der Waals surface area contributed by atoms with Crippen LogP contribution in [-0.2, 0) is 4.74 Å². The molecule has 0 aromatic carbocycles. The van der Waals surface area contributed by atoms with Gasteiger partial charge in [-0.25, -0.2) is 4.98 Å². The third kappa shape index (κ3) is 2.73. The minimum Gasteiger partial charge on any atom is -0.384 e. The van der Waals surface area contributed by atoms with Crippen molar-refractivity contribution >= 4 is 23.3 Å². The molecular weight excluding hydrogens is 254 g/mol. The number of hydrogen-bond donors (Lipinski definition) is 1. The highest BCUT2D eigenvalue weighted by atomic mass is 35.5. The van der Waals surface area contributed by atoms with Crippen molar-refractivity contribution in [3.8, 4) is 0 Å². The molecule has 2 rings (SSSR count). The second-order valence-electron chi connectivity index (χ2n) is 4.56. The summed E-state index contributed by atoms with van der Waals surface area (Å²) in [6, 6.07) is 1.51. The Bertz CT molecular complexity index is 457. The number of hydrogen-bond acceptors (Lipinski definition) is 4. The molecule has 0 bridgehead atoms. The molecule has 1 saturated heterocycles. The molecule has 5 nitrogen and oxygen atoms in total. The molecule has 1 fully saturated rings. The van der Waals surface area contributed by atoms with Crippen LogP contribution in [0.2, 0.25) is 5.02 Å². The Morgan fingerprint density at radius 3 is 2.72 bits per heavy atom. The normalized spacial score (nSPS) is 24.1. The standard InChI is InChI=1S/C12H16ClN3O2/c1-7-5-16(6-8(2)18-7)12(17)9-3-11(14)15-4-10(9)13/h3-4,7-8H,5-6H2,1-2H3,(H2,14,15). The SMILES string of the molecule is CC1CN(C(=O)c2cc(N)ncc2Cl)CC(C)O1. The van der Waals surface area contributed by atoms with E-state index in [4.69, 9.17) is 22.1 Å². The fourth-order valence-corrected chi connectivity index (χ4v) is 2.32. The van der Waals surface area contributed by atoms with Gasteiger partial charge in [-0.1, -0.05) is 11.6 Å². The van der Waals surface area contributed by atoms with Crippen LogP contribution < -0.4 is 5.73 Å². The summed E-state index contributed by atoms with van der Waals surface area (Å²) in [5.74, 6) is 0.160. The summed E-state index contributed by atoms with van der Waals surface area (Å²) < 4.78 is 5.59. The van der Waals surface area contributed by atoms with Crippen LogP contribution in [0.3, 0.4) is 0 Å². The zero-order valence-electron chi connectivity index (χ0n) is 10.4. The number of morpholine rings is 1. The molecule has 2 atom stereocenters. The maximum Gasteiger partial charge on any atom is 0.255 e. The van der Waals surface area contributed by atoms with E-state index in [1.165, 1.54) is 12.3 Å². The summed E-state index contributed by atoms with van der Waals surface area (Å²) in [6.45, 7) is 5.00. The van der Waals surface area contributed by atoms with Crippen LogP contribution in [-0.4, -0.2) is 41.1 Å². The first-order chi connectivity index (χ1) is 8.47. The van der Waals surface area contributed by atoms with E-state index in [1.807, 2.05) is 13.8 Å². The number of carbonyl (C=O) groups excluding carboxylic acids is 1. The van der Waals surface area contributed by atoms with Gasteiger partial charge in [0.25, 0.3) is 5.91 Å². The lowest BCUT2D eigenvalue weighted by atomic mass is 10.1. The number of halogens is 1. The van der Waals surface area contributed by atoms with Gasteiger partial charge in [0.05, 0.1) is 22.8 Å². The number of ether oxygens (including phenoxy) is 1. The van der Waals surface area contributed by atoms with Crippen LogP contribution in [0.5, 0.6) is 0 Å². The molecule has 1 aliphatic heterocycles. The molecule has 2 unspecified atom stereocenters. The van der Waals surface area contributed by atoms with Gasteiger partial charge in [0.2, 0.25) is 0 Å². The molecule has 18 heavy (non-hydrogen) atoms. The second-order valence-corrected chi connectivity index (χ2v) is 4.96. The number of nitrogens with two attached hydrogens (primary N) is 1. The fourth-order valence-electron chi connectivity index (χ4n) is 2.13. The van der Waals surface area contributed by atoms with Gasteiger partial charge in [0.15, 0.2) is 0 Å². The number of pyridine rings is 1. The summed E-state index contributed by atoms with van der Waals surface area (Å²) in [6.07, 6.45) is 1.45. The summed E-state index contributed by atoms with van der Waals surface area (Å²) in [7, 11) is 0. The predicted molar refractivity (Wildman–Crippen MR) is 69.6 cm³/mol. The van der Waals surface area contributed by atoms with E-state index in [0.29, 0.717) is 23.7 Å². The van der Waals surface area contributed by atoms with E-state index in [-0.39, 0.29) is 23.9 Å². The van der Waals surface area contributed by atoms with Crippen LogP contribution in [0.15, 0.2) is 12.3 Å². The monoisotopic (exact) mass is 269 g/mol. The van der Waals surface area contributed by atoms with Gasteiger partial charge in [0, 0.05) is 19.3 Å². The van der Waals surface area contributed by atoms with Crippen LogP contribution in [0.4, 0.5) is 5.82 Å². The molecular formula is C12H16ClN3O2. The van der Waals surface area contributed by atoms with Gasteiger partial charge in [-0.05, 0) is 19.9 Å². The Balaban J connectivity index is 2.22. The lowest BCUT2D eigenvalue weighted by Crippen LogP contribution is -2.48. The van der Waals surface area contributed by atoms with Crippen molar-refractivity contribution in [2.45, 2.75) is 26.1 Å². The first kappa shape index (κ1) is 13.1. The molecule has 1 amide bonds. The molecule has 1 aromatic heterocycles. The van der Waals surface area contributed by atoms with E-state index < -0.39 is 0 Å². The van der Waals surface area contributed by atoms with E-state index >= 15 is 0 Å². The quantitative estimate of drug-likeness (QED) is 0.840. The molecule has 98 valence electrons. The van der Waals surface area contributed by atoms with E-state index in [2.05, 4.69) is 4.98 Å². The minimum absolute atomic E-state index is 0.0238. The molecule has 1 aromatic rings. The molecule has 1 aliphatic rings. The van der Waals surface area contributed by atoms with Gasteiger partial charge in [-0.2, -0.15) is 0 Å². The van der Waals surface area contributed by atoms with Crippen LogP contribution in [0, 0.1) is 0 Å². The summed E-state index contributed by atoms with van der Waals surface area (Å²) in [4.78, 5) is 17.9. The zero-order valence-corrected chi connectivity index (χ0v) is 11.1. The lowest BCUT2D eigenvalue weighted by Gasteiger charge is -2.35. The first-order valence-electron chi connectivity index (χ1n) is 5.83. The van der Waals surface area contributed by atoms with Crippen molar-refractivity contribution in [3.05, 3.63) is 22.8 Å². The Labute approximate surface area is 111 Å². The van der Waals surface area contributed by atoms with E-state index in [0.717, 1.165) is 0 Å². The molecule has 0 spiro atoms. The lowest BCUT2D eigenvalue weighted by molar-refractivity contribution is -0.0586. The van der Waals surface area contributed by atoms with Gasteiger partial charge >= 0.3 is 0 Å². The largest absolute Gasteiger partial charge is 0.384 e. The maximum absolute atomic E-state index is 12.4. The van der Waals surface area contributed by atoms with Crippen molar-refractivity contribution < 1.29 is 9.53 Å². The smallest absolute Gasteiger partial charge is 0.255 e. The number of aromatic nitrogens is 1. The van der Waals surface area contributed by atoms with E-state index in [9.17, 15) is 4.79 Å². The maximum atomic E-state index is 12.4. The van der Waals surface area contributed by atoms with Crippen LogP contribution >= 0.6 is 11.6 Å². The Kier molecular flexibility index (Phi) is 3.73. The summed E-state index contributed by atoms with van der Waals surface area (Å²) in [5, 5.41) is 0.320. The van der Waals surface area contributed by atoms with Crippen LogP contribution in [0.1, 0.15) is 24.2 Å². The number of nitrogen functional groups attached to an aromatic ring is 1. The Morgan fingerprint density at radius 1 is 1.50 bits per heavy atom. The number of anilines is 1. The summed E-state index contributed by atoms with van der Waals surface area (Å²) >= 11 is 5.99. The van der Waals surface area contributed by atoms with Gasteiger partial charge in [-0.15, -0.1) is 0 Å². The highest BCUT2D eigenvalue weighted by molar-refractivity contribution is 6.33. The average Bonchev–Trinajstić information content (AvgIpc) is 2.30.